The summed E-state index contributed by atoms with van der Waals surface area (Å²) in [4.78, 5) is 48.3. The van der Waals surface area contributed by atoms with E-state index in [0.29, 0.717) is 5.56 Å². The predicted octanol–water partition coefficient (Wildman–Crippen LogP) is -1.14. The topological polar surface area (TPSA) is 191 Å². The number of aliphatic hydroxyl groups is 1. The molecule has 1 aromatic carbocycles. The van der Waals surface area contributed by atoms with Gasteiger partial charge in [0.15, 0.2) is 0 Å². The normalized spacial score (nSPS) is 14.7. The Morgan fingerprint density at radius 2 is 1.56 bits per heavy atom. The lowest BCUT2D eigenvalue weighted by atomic mass is 10.0. The molecule has 11 heteroatoms. The van der Waals surface area contributed by atoms with E-state index in [2.05, 4.69) is 16.0 Å². The molecule has 32 heavy (non-hydrogen) atoms. The number of aromatic hydroxyl groups is 1. The van der Waals surface area contributed by atoms with Crippen LogP contribution in [0.3, 0.4) is 0 Å². The van der Waals surface area contributed by atoms with Crippen LogP contribution in [0.15, 0.2) is 24.3 Å². The molecule has 0 aliphatic rings. The number of nitrogens with one attached hydrogen (secondary N) is 3. The van der Waals surface area contributed by atoms with Crippen LogP contribution >= 0.6 is 0 Å². The van der Waals surface area contributed by atoms with E-state index >= 15 is 0 Å². The Morgan fingerprint density at radius 1 is 0.969 bits per heavy atom. The lowest BCUT2D eigenvalue weighted by Crippen LogP contribution is -2.55. The van der Waals surface area contributed by atoms with Crippen LogP contribution in [0, 0.1) is 5.92 Å². The maximum absolute atomic E-state index is 12.5. The van der Waals surface area contributed by atoms with Gasteiger partial charge < -0.3 is 37.0 Å². The van der Waals surface area contributed by atoms with Crippen LogP contribution in [-0.2, 0) is 25.6 Å². The van der Waals surface area contributed by atoms with Crippen molar-refractivity contribution in [3.63, 3.8) is 0 Å². The van der Waals surface area contributed by atoms with Crippen molar-refractivity contribution in [3.8, 4) is 5.75 Å². The zero-order valence-corrected chi connectivity index (χ0v) is 18.4. The summed E-state index contributed by atoms with van der Waals surface area (Å²) in [6.45, 7) is 4.54. The number of nitrogens with two attached hydrogens (primary N) is 1. The zero-order valence-electron chi connectivity index (χ0n) is 18.4. The third-order valence-corrected chi connectivity index (χ3v) is 4.60. The minimum atomic E-state index is -1.25. The van der Waals surface area contributed by atoms with Gasteiger partial charge in [0.1, 0.15) is 23.9 Å². The fourth-order valence-electron chi connectivity index (χ4n) is 2.79. The Hall–Kier alpha value is -3.18. The van der Waals surface area contributed by atoms with Gasteiger partial charge in [-0.3, -0.25) is 14.4 Å². The van der Waals surface area contributed by atoms with Gasteiger partial charge in [0, 0.05) is 6.42 Å². The molecule has 0 heterocycles. The molecule has 1 aromatic rings. The number of carbonyl (C=O) groups excluding carboxylic acids is 3. The van der Waals surface area contributed by atoms with Crippen molar-refractivity contribution in [2.45, 2.75) is 57.8 Å². The van der Waals surface area contributed by atoms with Gasteiger partial charge >= 0.3 is 5.97 Å². The smallest absolute Gasteiger partial charge is 0.326 e. The van der Waals surface area contributed by atoms with E-state index in [4.69, 9.17) is 5.73 Å². The van der Waals surface area contributed by atoms with E-state index in [1.165, 1.54) is 31.2 Å². The summed E-state index contributed by atoms with van der Waals surface area (Å²) in [7, 11) is 0. The second kappa shape index (κ2) is 12.6. The number of carbonyl (C=O) groups is 4. The standard InChI is InChI=1S/C21H32N4O7/c1-11(2)8-15(25-20(30)18(22)12(3)26)19(29)23-10-17(28)24-16(21(31)32)9-13-4-6-14(27)7-5-13/h4-7,11-12,15-16,18,26-27H,8-10,22H2,1-3H3,(H,23,29)(H,24,28)(H,25,30)(H,31,32). The molecule has 0 saturated carbocycles. The Labute approximate surface area is 186 Å². The molecule has 0 saturated heterocycles. The molecule has 3 amide bonds. The minimum absolute atomic E-state index is 0.0153. The molecular formula is C21H32N4O7. The van der Waals surface area contributed by atoms with Crippen molar-refractivity contribution in [1.82, 2.24) is 16.0 Å². The van der Waals surface area contributed by atoms with E-state index in [-0.39, 0.29) is 24.5 Å². The minimum Gasteiger partial charge on any atom is -0.508 e. The highest BCUT2D eigenvalue weighted by Crippen LogP contribution is 2.11. The van der Waals surface area contributed by atoms with Crippen LogP contribution in [0.4, 0.5) is 0 Å². The Balaban J connectivity index is 2.68. The highest BCUT2D eigenvalue weighted by atomic mass is 16.4. The first-order valence-corrected chi connectivity index (χ1v) is 10.2. The zero-order chi connectivity index (χ0) is 24.4. The largest absolute Gasteiger partial charge is 0.508 e. The molecule has 178 valence electrons. The van der Waals surface area contributed by atoms with Crippen LogP contribution in [0.25, 0.3) is 0 Å². The first-order valence-electron chi connectivity index (χ1n) is 10.2. The molecule has 4 atom stereocenters. The van der Waals surface area contributed by atoms with Crippen LogP contribution in [-0.4, -0.2) is 69.8 Å². The number of aliphatic carboxylic acids is 1. The van der Waals surface area contributed by atoms with Crippen molar-refractivity contribution in [2.24, 2.45) is 11.7 Å². The first-order chi connectivity index (χ1) is 14.9. The van der Waals surface area contributed by atoms with Crippen molar-refractivity contribution in [2.75, 3.05) is 6.54 Å². The third-order valence-electron chi connectivity index (χ3n) is 4.60. The number of carboxylic acids is 1. The Bertz CT molecular complexity index is 796. The van der Waals surface area contributed by atoms with E-state index in [1.54, 1.807) is 0 Å². The molecule has 0 spiro atoms. The number of aliphatic hydroxyl groups excluding tert-OH is 1. The number of phenols is 1. The third kappa shape index (κ3) is 9.31. The first kappa shape index (κ1) is 26.9. The second-order valence-corrected chi connectivity index (χ2v) is 8.00. The number of hydrogen-bond acceptors (Lipinski definition) is 7. The van der Waals surface area contributed by atoms with Gasteiger partial charge in [0.2, 0.25) is 17.7 Å². The number of carboxylic acid groups (broad SMARTS) is 1. The van der Waals surface area contributed by atoms with Crippen LogP contribution in [0.2, 0.25) is 0 Å². The van der Waals surface area contributed by atoms with Crippen molar-refractivity contribution < 1.29 is 34.5 Å². The summed E-state index contributed by atoms with van der Waals surface area (Å²) in [6, 6.07) is 2.46. The highest BCUT2D eigenvalue weighted by molar-refractivity contribution is 5.92. The number of hydrogen-bond donors (Lipinski definition) is 7. The van der Waals surface area contributed by atoms with Crippen LogP contribution in [0.1, 0.15) is 32.8 Å². The van der Waals surface area contributed by atoms with E-state index < -0.39 is 54.5 Å². The van der Waals surface area contributed by atoms with Gasteiger partial charge in [0.25, 0.3) is 0 Å². The summed E-state index contributed by atoms with van der Waals surface area (Å²) in [6.07, 6.45) is -0.854. The quantitative estimate of drug-likeness (QED) is 0.207. The summed E-state index contributed by atoms with van der Waals surface area (Å²) >= 11 is 0. The maximum atomic E-state index is 12.5. The van der Waals surface area contributed by atoms with Crippen LogP contribution < -0.4 is 21.7 Å². The SMILES string of the molecule is CC(C)CC(NC(=O)C(N)C(C)O)C(=O)NCC(=O)NC(Cc1ccc(O)cc1)C(=O)O. The molecule has 0 fully saturated rings. The molecular weight excluding hydrogens is 420 g/mol. The maximum Gasteiger partial charge on any atom is 0.326 e. The van der Waals surface area contributed by atoms with Gasteiger partial charge in [-0.15, -0.1) is 0 Å². The molecule has 11 nitrogen and oxygen atoms in total. The molecule has 4 unspecified atom stereocenters. The summed E-state index contributed by atoms with van der Waals surface area (Å²) in [5, 5.41) is 35.3. The molecule has 0 aliphatic carbocycles. The monoisotopic (exact) mass is 452 g/mol. The lowest BCUT2D eigenvalue weighted by molar-refractivity contribution is -0.141. The number of benzene rings is 1. The summed E-state index contributed by atoms with van der Waals surface area (Å²) < 4.78 is 0. The lowest BCUT2D eigenvalue weighted by Gasteiger charge is -2.23. The summed E-state index contributed by atoms with van der Waals surface area (Å²) in [5.74, 6) is -3.25. The fraction of sp³-hybridized carbons (Fsp3) is 0.524. The average Bonchev–Trinajstić information content (AvgIpc) is 2.71. The number of phenolic OH excluding ortho intramolecular Hbond substituents is 1. The second-order valence-electron chi connectivity index (χ2n) is 8.00. The Kier molecular flexibility index (Phi) is 10.6. The highest BCUT2D eigenvalue weighted by Gasteiger charge is 2.27. The van der Waals surface area contributed by atoms with Gasteiger partial charge in [-0.25, -0.2) is 4.79 Å². The molecule has 1 rings (SSSR count). The van der Waals surface area contributed by atoms with Gasteiger partial charge in [0.05, 0.1) is 12.6 Å². The fourth-order valence-corrected chi connectivity index (χ4v) is 2.79. The van der Waals surface area contributed by atoms with Crippen molar-refractivity contribution in [3.05, 3.63) is 29.8 Å². The van der Waals surface area contributed by atoms with Gasteiger partial charge in [-0.2, -0.15) is 0 Å². The van der Waals surface area contributed by atoms with Crippen LogP contribution in [0.5, 0.6) is 5.75 Å². The van der Waals surface area contributed by atoms with Gasteiger partial charge in [-0.05, 0) is 37.0 Å². The predicted molar refractivity (Wildman–Crippen MR) is 115 cm³/mol. The van der Waals surface area contributed by atoms with E-state index in [9.17, 15) is 34.5 Å². The number of amides is 3. The number of rotatable bonds is 12. The summed E-state index contributed by atoms with van der Waals surface area (Å²) in [5.41, 5.74) is 6.18. The molecule has 0 radical (unpaired) electrons. The van der Waals surface area contributed by atoms with E-state index in [0.717, 1.165) is 0 Å². The molecule has 0 aromatic heterocycles. The van der Waals surface area contributed by atoms with Crippen molar-refractivity contribution in [1.29, 1.82) is 0 Å². The van der Waals surface area contributed by atoms with E-state index in [1.807, 2.05) is 13.8 Å². The average molecular weight is 453 g/mol. The molecule has 0 aliphatic heterocycles. The molecule has 0 bridgehead atoms. The Morgan fingerprint density at radius 3 is 2.06 bits per heavy atom. The molecule has 8 N–H and O–H groups in total. The van der Waals surface area contributed by atoms with Crippen molar-refractivity contribution >= 4 is 23.7 Å². The van der Waals surface area contributed by atoms with Gasteiger partial charge in [-0.1, -0.05) is 26.0 Å².